The summed E-state index contributed by atoms with van der Waals surface area (Å²) in [7, 11) is 0. The number of aromatic nitrogens is 2. The number of aryl methyl sites for hydroxylation is 3. The molecule has 0 aliphatic carbocycles. The minimum absolute atomic E-state index is 0.805. The fourth-order valence-electron chi connectivity index (χ4n) is 2.61. The van der Waals surface area contributed by atoms with Crippen LogP contribution < -0.4 is 4.90 Å². The van der Waals surface area contributed by atoms with Crippen molar-refractivity contribution < 1.29 is 4.42 Å². The second-order valence-corrected chi connectivity index (χ2v) is 6.47. The highest BCUT2D eigenvalue weighted by Crippen LogP contribution is 2.22. The Morgan fingerprint density at radius 3 is 2.67 bits per heavy atom. The summed E-state index contributed by atoms with van der Waals surface area (Å²) in [6.07, 6.45) is 1.15. The predicted molar refractivity (Wildman–Crippen MR) is 84.9 cm³/mol. The normalized spacial score (nSPS) is 17.2. The minimum atomic E-state index is 0.805. The molecule has 3 rings (SSSR count). The van der Waals surface area contributed by atoms with Gasteiger partial charge in [0.05, 0.1) is 17.9 Å². The molecule has 0 amide bonds. The van der Waals surface area contributed by atoms with Crippen LogP contribution in [0, 0.1) is 20.8 Å². The van der Waals surface area contributed by atoms with Crippen LogP contribution in [0.3, 0.4) is 0 Å². The third kappa shape index (κ3) is 3.44. The molecule has 2 aromatic heterocycles. The van der Waals surface area contributed by atoms with E-state index in [4.69, 9.17) is 4.42 Å². The summed E-state index contributed by atoms with van der Waals surface area (Å²) in [4.78, 5) is 13.9. The van der Waals surface area contributed by atoms with Gasteiger partial charge in [-0.1, -0.05) is 0 Å². The summed E-state index contributed by atoms with van der Waals surface area (Å²) in [6, 6.07) is 0. The van der Waals surface area contributed by atoms with Crippen LogP contribution >= 0.6 is 11.3 Å². The third-order valence-electron chi connectivity index (χ3n) is 3.90. The summed E-state index contributed by atoms with van der Waals surface area (Å²) < 4.78 is 5.70. The van der Waals surface area contributed by atoms with Crippen molar-refractivity contribution >= 4 is 16.5 Å². The molecule has 0 bridgehead atoms. The van der Waals surface area contributed by atoms with E-state index in [1.165, 1.54) is 0 Å². The van der Waals surface area contributed by atoms with Gasteiger partial charge in [0.2, 0.25) is 5.89 Å². The van der Waals surface area contributed by atoms with Crippen molar-refractivity contribution in [1.29, 1.82) is 0 Å². The van der Waals surface area contributed by atoms with Gasteiger partial charge >= 0.3 is 0 Å². The Morgan fingerprint density at radius 2 is 2.00 bits per heavy atom. The molecule has 1 aliphatic heterocycles. The zero-order valence-electron chi connectivity index (χ0n) is 12.9. The van der Waals surface area contributed by atoms with Crippen molar-refractivity contribution in [2.24, 2.45) is 0 Å². The molecule has 21 heavy (non-hydrogen) atoms. The van der Waals surface area contributed by atoms with Gasteiger partial charge in [-0.05, 0) is 27.2 Å². The van der Waals surface area contributed by atoms with Crippen LogP contribution in [0.15, 0.2) is 9.80 Å². The highest BCUT2D eigenvalue weighted by Gasteiger charge is 2.19. The highest BCUT2D eigenvalue weighted by molar-refractivity contribution is 7.13. The van der Waals surface area contributed by atoms with E-state index in [0.29, 0.717) is 0 Å². The maximum absolute atomic E-state index is 5.70. The Labute approximate surface area is 129 Å². The van der Waals surface area contributed by atoms with E-state index in [0.717, 1.165) is 67.3 Å². The van der Waals surface area contributed by atoms with Gasteiger partial charge in [-0.3, -0.25) is 4.90 Å². The van der Waals surface area contributed by atoms with Crippen molar-refractivity contribution in [3.63, 3.8) is 0 Å². The summed E-state index contributed by atoms with van der Waals surface area (Å²) in [6.45, 7) is 11.0. The Morgan fingerprint density at radius 1 is 1.14 bits per heavy atom. The van der Waals surface area contributed by atoms with Crippen molar-refractivity contribution in [3.8, 4) is 0 Å². The van der Waals surface area contributed by atoms with Gasteiger partial charge < -0.3 is 9.32 Å². The van der Waals surface area contributed by atoms with Crippen LogP contribution in [-0.2, 0) is 6.54 Å². The first-order valence-electron chi connectivity index (χ1n) is 7.44. The molecule has 0 saturated carbocycles. The molecule has 1 saturated heterocycles. The maximum atomic E-state index is 5.70. The van der Waals surface area contributed by atoms with Crippen LogP contribution in [-0.4, -0.2) is 41.0 Å². The quantitative estimate of drug-likeness (QED) is 0.872. The number of hydrogen-bond acceptors (Lipinski definition) is 6. The van der Waals surface area contributed by atoms with E-state index in [9.17, 15) is 0 Å². The van der Waals surface area contributed by atoms with Crippen molar-refractivity contribution in [3.05, 3.63) is 28.4 Å². The fourth-order valence-corrected chi connectivity index (χ4v) is 3.46. The van der Waals surface area contributed by atoms with E-state index in [-0.39, 0.29) is 0 Å². The topological polar surface area (TPSA) is 45.4 Å². The average Bonchev–Trinajstić information content (AvgIpc) is 2.91. The molecule has 5 nitrogen and oxygen atoms in total. The molecule has 114 valence electrons. The molecule has 2 aromatic rings. The van der Waals surface area contributed by atoms with Crippen LogP contribution in [0.5, 0.6) is 0 Å². The second kappa shape index (κ2) is 6.15. The molecule has 0 atom stereocenters. The van der Waals surface area contributed by atoms with Gasteiger partial charge in [-0.15, -0.1) is 11.3 Å². The highest BCUT2D eigenvalue weighted by atomic mass is 32.1. The van der Waals surface area contributed by atoms with Crippen molar-refractivity contribution in [2.45, 2.75) is 33.7 Å². The first-order chi connectivity index (χ1) is 10.1. The molecule has 0 radical (unpaired) electrons. The monoisotopic (exact) mass is 306 g/mol. The lowest BCUT2D eigenvalue weighted by Gasteiger charge is -2.20. The van der Waals surface area contributed by atoms with E-state index in [1.807, 2.05) is 13.8 Å². The Kier molecular flexibility index (Phi) is 4.26. The molecule has 1 aliphatic rings. The van der Waals surface area contributed by atoms with E-state index in [2.05, 4.69) is 32.1 Å². The minimum Gasteiger partial charge on any atom is -0.444 e. The molecule has 0 N–H and O–H groups in total. The maximum Gasteiger partial charge on any atom is 0.208 e. The predicted octanol–water partition coefficient (Wildman–Crippen LogP) is 2.77. The molecular formula is C15H22N4OS. The van der Waals surface area contributed by atoms with Crippen LogP contribution in [0.1, 0.15) is 29.5 Å². The van der Waals surface area contributed by atoms with Crippen LogP contribution in [0.4, 0.5) is 5.13 Å². The van der Waals surface area contributed by atoms with E-state index < -0.39 is 0 Å². The van der Waals surface area contributed by atoms with Crippen molar-refractivity contribution in [1.82, 2.24) is 14.9 Å². The summed E-state index contributed by atoms with van der Waals surface area (Å²) >= 11 is 1.74. The zero-order valence-corrected chi connectivity index (χ0v) is 13.7. The number of hydrogen-bond donors (Lipinski definition) is 0. The molecule has 0 spiro atoms. The van der Waals surface area contributed by atoms with Gasteiger partial charge in [0.15, 0.2) is 5.13 Å². The zero-order chi connectivity index (χ0) is 14.8. The van der Waals surface area contributed by atoms with Crippen LogP contribution in [0.25, 0.3) is 0 Å². The van der Waals surface area contributed by atoms with Gasteiger partial charge in [0.25, 0.3) is 0 Å². The third-order valence-corrected chi connectivity index (χ3v) is 4.92. The fraction of sp³-hybridized carbons (Fsp3) is 0.600. The summed E-state index contributed by atoms with van der Waals surface area (Å²) in [5, 5.41) is 3.27. The standard InChI is InChI=1S/C15H22N4OS/c1-11-10-21-15(16-11)19-6-4-5-18(7-8-19)9-14-17-12(2)13(3)20-14/h10H,4-9H2,1-3H3. The van der Waals surface area contributed by atoms with Gasteiger partial charge in [0, 0.05) is 31.6 Å². The van der Waals surface area contributed by atoms with Gasteiger partial charge in [-0.2, -0.15) is 0 Å². The van der Waals surface area contributed by atoms with E-state index >= 15 is 0 Å². The average molecular weight is 306 g/mol. The molecule has 6 heteroatoms. The lowest BCUT2D eigenvalue weighted by molar-refractivity contribution is 0.253. The van der Waals surface area contributed by atoms with Gasteiger partial charge in [0.1, 0.15) is 5.76 Å². The number of thiazole rings is 1. The Balaban J connectivity index is 1.60. The first kappa shape index (κ1) is 14.5. The Bertz CT molecular complexity index is 587. The number of rotatable bonds is 3. The summed E-state index contributed by atoms with van der Waals surface area (Å²) in [5.41, 5.74) is 2.11. The molecule has 1 fully saturated rings. The summed E-state index contributed by atoms with van der Waals surface area (Å²) in [5.74, 6) is 1.77. The lowest BCUT2D eigenvalue weighted by atomic mass is 10.4. The SMILES string of the molecule is Cc1csc(N2CCCN(Cc3nc(C)c(C)o3)CC2)n1. The molecule has 0 unspecified atom stereocenters. The second-order valence-electron chi connectivity index (χ2n) is 5.64. The molecule has 0 aromatic carbocycles. The van der Waals surface area contributed by atoms with E-state index in [1.54, 1.807) is 11.3 Å². The first-order valence-corrected chi connectivity index (χ1v) is 8.32. The van der Waals surface area contributed by atoms with Crippen LogP contribution in [0.2, 0.25) is 0 Å². The lowest BCUT2D eigenvalue weighted by Crippen LogP contribution is -2.30. The number of nitrogens with zero attached hydrogens (tertiary/aromatic N) is 4. The number of anilines is 1. The largest absolute Gasteiger partial charge is 0.444 e. The molecule has 3 heterocycles. The van der Waals surface area contributed by atoms with Crippen molar-refractivity contribution in [2.75, 3.05) is 31.1 Å². The molecular weight excluding hydrogens is 284 g/mol. The smallest absolute Gasteiger partial charge is 0.208 e. The number of oxazole rings is 1. The Hall–Kier alpha value is -1.40. The van der Waals surface area contributed by atoms with Gasteiger partial charge in [-0.25, -0.2) is 9.97 Å².